The van der Waals surface area contributed by atoms with Crippen molar-refractivity contribution in [2.75, 3.05) is 5.43 Å². The maximum Gasteiger partial charge on any atom is 0.244 e. The molecule has 3 aromatic carbocycles. The fourth-order valence-electron chi connectivity index (χ4n) is 2.72. The van der Waals surface area contributed by atoms with E-state index in [1.165, 1.54) is 0 Å². The number of halogens is 2. The highest BCUT2D eigenvalue weighted by Gasteiger charge is 2.10. The van der Waals surface area contributed by atoms with Gasteiger partial charge in [0.1, 0.15) is 0 Å². The van der Waals surface area contributed by atoms with Crippen LogP contribution in [0.3, 0.4) is 0 Å². The van der Waals surface area contributed by atoms with E-state index < -0.39 is 0 Å². The first kappa shape index (κ1) is 17.5. The van der Waals surface area contributed by atoms with Gasteiger partial charge >= 0.3 is 0 Å². The Balaban J connectivity index is 1.72. The van der Waals surface area contributed by atoms with Gasteiger partial charge in [0.2, 0.25) is 5.95 Å². The SMILES string of the molecule is Clc1cccc(/C=N\Nc2nc(-c3ccccc3)c3cc(Cl)ccc3n2)c1. The fourth-order valence-corrected chi connectivity index (χ4v) is 3.09. The Labute approximate surface area is 166 Å². The van der Waals surface area contributed by atoms with Gasteiger partial charge in [0, 0.05) is 21.0 Å². The van der Waals surface area contributed by atoms with E-state index in [1.807, 2.05) is 72.8 Å². The van der Waals surface area contributed by atoms with Gasteiger partial charge in [-0.1, -0.05) is 65.7 Å². The summed E-state index contributed by atoms with van der Waals surface area (Å²) in [6.07, 6.45) is 1.67. The molecule has 0 bridgehead atoms. The molecular formula is C21H14Cl2N4. The van der Waals surface area contributed by atoms with Crippen LogP contribution >= 0.6 is 23.2 Å². The Bertz CT molecular complexity index is 1130. The maximum atomic E-state index is 6.18. The molecule has 0 radical (unpaired) electrons. The lowest BCUT2D eigenvalue weighted by Crippen LogP contribution is -1.99. The van der Waals surface area contributed by atoms with Crippen LogP contribution < -0.4 is 5.43 Å². The van der Waals surface area contributed by atoms with E-state index in [2.05, 4.69) is 20.5 Å². The molecule has 0 unspecified atom stereocenters. The first-order valence-corrected chi connectivity index (χ1v) is 9.02. The molecule has 0 amide bonds. The van der Waals surface area contributed by atoms with Crippen LogP contribution in [0.4, 0.5) is 5.95 Å². The minimum Gasteiger partial charge on any atom is -0.245 e. The zero-order chi connectivity index (χ0) is 18.6. The summed E-state index contributed by atoms with van der Waals surface area (Å²) in [6.45, 7) is 0. The Morgan fingerprint density at radius 1 is 0.815 bits per heavy atom. The molecule has 0 saturated heterocycles. The van der Waals surface area contributed by atoms with E-state index in [1.54, 1.807) is 6.21 Å². The molecule has 0 aliphatic rings. The van der Waals surface area contributed by atoms with Gasteiger partial charge in [-0.2, -0.15) is 5.10 Å². The highest BCUT2D eigenvalue weighted by Crippen LogP contribution is 2.29. The molecule has 0 atom stereocenters. The van der Waals surface area contributed by atoms with Crippen molar-refractivity contribution >= 4 is 46.3 Å². The van der Waals surface area contributed by atoms with Crippen LogP contribution in [0.15, 0.2) is 77.9 Å². The molecule has 0 fully saturated rings. The number of rotatable bonds is 4. The summed E-state index contributed by atoms with van der Waals surface area (Å²) in [7, 11) is 0. The topological polar surface area (TPSA) is 50.2 Å². The van der Waals surface area contributed by atoms with Gasteiger partial charge in [0.15, 0.2) is 0 Å². The zero-order valence-corrected chi connectivity index (χ0v) is 15.6. The number of hydrogen-bond donors (Lipinski definition) is 1. The van der Waals surface area contributed by atoms with Gasteiger partial charge in [0.25, 0.3) is 0 Å². The number of hydrazone groups is 1. The van der Waals surface area contributed by atoms with Gasteiger partial charge in [-0.05, 0) is 35.9 Å². The van der Waals surface area contributed by atoms with Crippen LogP contribution in [-0.2, 0) is 0 Å². The number of nitrogens with one attached hydrogen (secondary N) is 1. The zero-order valence-electron chi connectivity index (χ0n) is 14.1. The summed E-state index contributed by atoms with van der Waals surface area (Å²) in [5, 5.41) is 6.41. The number of fused-ring (bicyclic) bond motifs is 1. The molecule has 132 valence electrons. The summed E-state index contributed by atoms with van der Waals surface area (Å²) < 4.78 is 0. The Morgan fingerprint density at radius 3 is 2.44 bits per heavy atom. The lowest BCUT2D eigenvalue weighted by molar-refractivity contribution is 1.16. The first-order valence-electron chi connectivity index (χ1n) is 8.26. The van der Waals surface area contributed by atoms with Crippen LogP contribution in [0.5, 0.6) is 0 Å². The van der Waals surface area contributed by atoms with Crippen molar-refractivity contribution in [1.29, 1.82) is 0 Å². The van der Waals surface area contributed by atoms with Gasteiger partial charge in [-0.15, -0.1) is 0 Å². The molecule has 27 heavy (non-hydrogen) atoms. The quantitative estimate of drug-likeness (QED) is 0.339. The Morgan fingerprint density at radius 2 is 1.63 bits per heavy atom. The minimum absolute atomic E-state index is 0.405. The Kier molecular flexibility index (Phi) is 5.01. The molecule has 4 nitrogen and oxygen atoms in total. The van der Waals surface area contributed by atoms with E-state index in [9.17, 15) is 0 Å². The second kappa shape index (κ2) is 7.74. The van der Waals surface area contributed by atoms with Crippen molar-refractivity contribution in [3.63, 3.8) is 0 Å². The summed E-state index contributed by atoms with van der Waals surface area (Å²) in [4.78, 5) is 9.17. The average Bonchev–Trinajstić information content (AvgIpc) is 2.68. The molecule has 1 N–H and O–H groups in total. The van der Waals surface area contributed by atoms with Crippen LogP contribution in [0.1, 0.15) is 5.56 Å². The van der Waals surface area contributed by atoms with Crippen molar-refractivity contribution in [1.82, 2.24) is 9.97 Å². The first-order chi connectivity index (χ1) is 13.2. The standard InChI is InChI=1S/C21H14Cl2N4/c22-16-8-4-5-14(11-16)13-24-27-21-25-19-10-9-17(23)12-18(19)20(26-21)15-6-2-1-3-7-15/h1-13H,(H,25,26,27)/b24-13-. The highest BCUT2D eigenvalue weighted by molar-refractivity contribution is 6.31. The molecule has 6 heteroatoms. The fraction of sp³-hybridized carbons (Fsp3) is 0. The largest absolute Gasteiger partial charge is 0.245 e. The van der Waals surface area contributed by atoms with Crippen molar-refractivity contribution in [2.24, 2.45) is 5.10 Å². The Hall–Kier alpha value is -2.95. The average molecular weight is 393 g/mol. The number of hydrogen-bond acceptors (Lipinski definition) is 4. The van der Waals surface area contributed by atoms with Crippen molar-refractivity contribution in [3.8, 4) is 11.3 Å². The van der Waals surface area contributed by atoms with E-state index >= 15 is 0 Å². The molecule has 1 aromatic heterocycles. The number of benzene rings is 3. The van der Waals surface area contributed by atoms with Crippen LogP contribution in [-0.4, -0.2) is 16.2 Å². The summed E-state index contributed by atoms with van der Waals surface area (Å²) in [5.74, 6) is 0.405. The predicted octanol–water partition coefficient (Wildman–Crippen LogP) is 6.05. The van der Waals surface area contributed by atoms with E-state index in [0.717, 1.165) is 27.7 Å². The van der Waals surface area contributed by atoms with E-state index in [0.29, 0.717) is 16.0 Å². The number of aromatic nitrogens is 2. The lowest BCUT2D eigenvalue weighted by atomic mass is 10.1. The van der Waals surface area contributed by atoms with Crippen LogP contribution in [0.2, 0.25) is 10.0 Å². The molecule has 4 aromatic rings. The minimum atomic E-state index is 0.405. The summed E-state index contributed by atoms with van der Waals surface area (Å²) in [5.41, 5.74) is 6.34. The summed E-state index contributed by atoms with van der Waals surface area (Å²) in [6, 6.07) is 22.9. The van der Waals surface area contributed by atoms with Crippen molar-refractivity contribution in [2.45, 2.75) is 0 Å². The molecule has 0 spiro atoms. The normalized spacial score (nSPS) is 11.2. The molecule has 0 aliphatic carbocycles. The maximum absolute atomic E-state index is 6.18. The van der Waals surface area contributed by atoms with Crippen LogP contribution in [0, 0.1) is 0 Å². The van der Waals surface area contributed by atoms with E-state index in [-0.39, 0.29) is 0 Å². The third-order valence-electron chi connectivity index (χ3n) is 3.93. The van der Waals surface area contributed by atoms with Gasteiger partial charge in [-0.25, -0.2) is 15.4 Å². The third-order valence-corrected chi connectivity index (χ3v) is 4.40. The molecule has 4 rings (SSSR count). The highest BCUT2D eigenvalue weighted by atomic mass is 35.5. The summed E-state index contributed by atoms with van der Waals surface area (Å²) >= 11 is 12.2. The second-order valence-electron chi connectivity index (χ2n) is 5.85. The third kappa shape index (κ3) is 4.08. The predicted molar refractivity (Wildman–Crippen MR) is 113 cm³/mol. The molecule has 0 aliphatic heterocycles. The smallest absolute Gasteiger partial charge is 0.244 e. The van der Waals surface area contributed by atoms with Crippen molar-refractivity contribution in [3.05, 3.63) is 88.4 Å². The van der Waals surface area contributed by atoms with Crippen molar-refractivity contribution < 1.29 is 0 Å². The van der Waals surface area contributed by atoms with Gasteiger partial charge in [0.05, 0.1) is 17.4 Å². The lowest BCUT2D eigenvalue weighted by Gasteiger charge is -2.09. The monoisotopic (exact) mass is 392 g/mol. The number of nitrogens with zero attached hydrogens (tertiary/aromatic N) is 3. The van der Waals surface area contributed by atoms with Gasteiger partial charge in [-0.3, -0.25) is 0 Å². The van der Waals surface area contributed by atoms with E-state index in [4.69, 9.17) is 23.2 Å². The number of anilines is 1. The molecular weight excluding hydrogens is 379 g/mol. The second-order valence-corrected chi connectivity index (χ2v) is 6.72. The van der Waals surface area contributed by atoms with Crippen LogP contribution in [0.25, 0.3) is 22.2 Å². The van der Waals surface area contributed by atoms with Gasteiger partial charge < -0.3 is 0 Å². The molecule has 0 saturated carbocycles. The molecule has 1 heterocycles.